The summed E-state index contributed by atoms with van der Waals surface area (Å²) in [6, 6.07) is 0. The van der Waals surface area contributed by atoms with E-state index >= 15 is 0 Å². The molecule has 0 radical (unpaired) electrons. The number of rotatable bonds is 74. The van der Waals surface area contributed by atoms with Gasteiger partial charge in [-0.2, -0.15) is 0 Å². The van der Waals surface area contributed by atoms with E-state index in [0.29, 0.717) is 77.7 Å². The first-order valence-electron chi connectivity index (χ1n) is 37.5. The molecule has 0 spiro atoms. The number of carbonyl (C=O) groups excluding carboxylic acids is 3. The summed E-state index contributed by atoms with van der Waals surface area (Å²) in [5.41, 5.74) is -0.692. The SMILES string of the molecule is CCCCCCCC/C=C/CCCCCCCO/C=N/CCCOCC(COCCCNCOCCCCCCC/C=C/CCCCCCCC)(COCCCNCOCCCCCCC/C=C/CCCCCCCC)COCCC(=O)ON1C(=O)CCC1=O. The molecule has 1 aliphatic rings. The normalized spacial score (nSPS) is 13.2. The summed E-state index contributed by atoms with van der Waals surface area (Å²) in [7, 11) is 0. The Kier molecular flexibility index (Phi) is 66.4. The molecule has 0 aliphatic carbocycles. The van der Waals surface area contributed by atoms with Crippen molar-refractivity contribution in [1.29, 1.82) is 0 Å². The Morgan fingerprint density at radius 1 is 0.400 bits per heavy atom. The number of allylic oxidation sites excluding steroid dienone is 6. The number of carbonyl (C=O) groups is 3. The van der Waals surface area contributed by atoms with Crippen LogP contribution < -0.4 is 10.6 Å². The zero-order chi connectivity index (χ0) is 64.7. The summed E-state index contributed by atoms with van der Waals surface area (Å²) in [6.07, 6.45) is 67.9. The van der Waals surface area contributed by atoms with Gasteiger partial charge in [0, 0.05) is 52.4 Å². The van der Waals surface area contributed by atoms with Crippen molar-refractivity contribution in [1.82, 2.24) is 15.7 Å². The molecule has 0 atom stereocenters. The molecule has 15 heteroatoms. The Hall–Kier alpha value is -3.02. The molecular formula is C75H140N4O11. The van der Waals surface area contributed by atoms with Gasteiger partial charge in [-0.1, -0.05) is 211 Å². The van der Waals surface area contributed by atoms with E-state index in [1.54, 1.807) is 6.40 Å². The van der Waals surface area contributed by atoms with Crippen molar-refractivity contribution < 1.29 is 52.4 Å². The van der Waals surface area contributed by atoms with Crippen LogP contribution in [0.1, 0.15) is 310 Å². The fourth-order valence-electron chi connectivity index (χ4n) is 10.6. The highest BCUT2D eigenvalue weighted by atomic mass is 16.7. The average Bonchev–Trinajstić information content (AvgIpc) is 2.25. The van der Waals surface area contributed by atoms with Crippen LogP contribution in [-0.2, 0) is 52.4 Å². The number of aliphatic imine (C=N–C) groups is 1. The fourth-order valence-corrected chi connectivity index (χ4v) is 10.6. The van der Waals surface area contributed by atoms with Crippen LogP contribution in [0.15, 0.2) is 41.4 Å². The third kappa shape index (κ3) is 60.0. The second kappa shape index (κ2) is 70.3. The van der Waals surface area contributed by atoms with E-state index in [-0.39, 0.29) is 32.5 Å². The van der Waals surface area contributed by atoms with Crippen molar-refractivity contribution in [3.05, 3.63) is 36.5 Å². The van der Waals surface area contributed by atoms with Crippen LogP contribution in [0.5, 0.6) is 0 Å². The summed E-state index contributed by atoms with van der Waals surface area (Å²) in [4.78, 5) is 46.4. The molecule has 2 N–H and O–H groups in total. The molecule has 1 fully saturated rings. The predicted octanol–water partition coefficient (Wildman–Crippen LogP) is 18.3. The molecule has 526 valence electrons. The van der Waals surface area contributed by atoms with E-state index < -0.39 is 23.2 Å². The van der Waals surface area contributed by atoms with Crippen molar-refractivity contribution in [3.8, 4) is 0 Å². The van der Waals surface area contributed by atoms with Gasteiger partial charge in [0.05, 0.1) is 64.9 Å². The molecule has 1 heterocycles. The molecule has 0 bridgehead atoms. The van der Waals surface area contributed by atoms with Gasteiger partial charge >= 0.3 is 5.97 Å². The Morgan fingerprint density at radius 3 is 1.11 bits per heavy atom. The van der Waals surface area contributed by atoms with Crippen LogP contribution in [-0.4, -0.2) is 135 Å². The van der Waals surface area contributed by atoms with Crippen molar-refractivity contribution in [2.24, 2.45) is 10.4 Å². The Bertz CT molecular complexity index is 1590. The smallest absolute Gasteiger partial charge is 0.335 e. The topological polar surface area (TPSA) is 165 Å². The molecule has 0 aromatic carbocycles. The molecule has 1 saturated heterocycles. The lowest BCUT2D eigenvalue weighted by atomic mass is 9.92. The molecule has 15 nitrogen and oxygen atoms in total. The first-order valence-corrected chi connectivity index (χ1v) is 37.5. The minimum absolute atomic E-state index is 0.0182. The third-order valence-electron chi connectivity index (χ3n) is 16.3. The number of amides is 2. The highest BCUT2D eigenvalue weighted by molar-refractivity contribution is 6.01. The first kappa shape index (κ1) is 85.0. The monoisotopic (exact) mass is 1270 g/mol. The van der Waals surface area contributed by atoms with E-state index in [9.17, 15) is 14.4 Å². The summed E-state index contributed by atoms with van der Waals surface area (Å²) < 4.78 is 42.7. The highest BCUT2D eigenvalue weighted by Crippen LogP contribution is 2.23. The second-order valence-corrected chi connectivity index (χ2v) is 25.3. The minimum Gasteiger partial charge on any atom is -0.483 e. The Morgan fingerprint density at radius 2 is 0.722 bits per heavy atom. The van der Waals surface area contributed by atoms with Gasteiger partial charge in [0.15, 0.2) is 6.40 Å². The van der Waals surface area contributed by atoms with Gasteiger partial charge in [0.25, 0.3) is 11.8 Å². The molecule has 90 heavy (non-hydrogen) atoms. The van der Waals surface area contributed by atoms with E-state index in [4.69, 9.17) is 38.0 Å². The molecule has 0 aromatic heterocycles. The molecule has 0 aromatic rings. The maximum absolute atomic E-state index is 12.7. The van der Waals surface area contributed by atoms with Crippen molar-refractivity contribution in [2.45, 2.75) is 310 Å². The zero-order valence-electron chi connectivity index (χ0n) is 58.6. The molecule has 1 aliphatic heterocycles. The van der Waals surface area contributed by atoms with Crippen molar-refractivity contribution in [2.75, 3.05) is 106 Å². The van der Waals surface area contributed by atoms with Crippen LogP contribution in [0, 0.1) is 5.41 Å². The molecule has 1 rings (SSSR count). The third-order valence-corrected chi connectivity index (χ3v) is 16.3. The highest BCUT2D eigenvalue weighted by Gasteiger charge is 2.34. The molecule has 0 saturated carbocycles. The van der Waals surface area contributed by atoms with Gasteiger partial charge in [0.2, 0.25) is 0 Å². The standard InChI is InChI=1S/C75H140N4O11/c1-4-7-10-13-16-19-22-25-28-31-34-37-40-43-46-58-87-69-76-55-49-61-83-65-75(68-86-64-54-74(82)90-79-72(80)52-53-73(79)81,66-84-62-50-56-77-70-88-59-47-44-41-38-35-32-29-26-23-20-17-14-11-8-5-2)67-85-63-51-57-78-71-89-60-48-45-42-39-36-33-30-27-24-21-18-15-12-9-6-3/h25-30,69,77-78H,4-24,31-68,70-71H2,1-3H3/b28-25+,29-26+,30-27+,76-69+. The number of unbranched alkanes of at least 4 members (excludes halogenated alkanes) is 33. The number of imide groups is 1. The summed E-state index contributed by atoms with van der Waals surface area (Å²) in [5.74, 6) is -1.74. The lowest BCUT2D eigenvalue weighted by Gasteiger charge is -2.33. The minimum atomic E-state index is -0.710. The van der Waals surface area contributed by atoms with Crippen molar-refractivity contribution in [3.63, 3.8) is 0 Å². The Labute approximate surface area is 552 Å². The number of nitrogens with one attached hydrogen (secondary N) is 2. The summed E-state index contributed by atoms with van der Waals surface area (Å²) >= 11 is 0. The average molecular weight is 1270 g/mol. The zero-order valence-corrected chi connectivity index (χ0v) is 58.6. The van der Waals surface area contributed by atoms with E-state index in [2.05, 4.69) is 72.9 Å². The van der Waals surface area contributed by atoms with Gasteiger partial charge in [-0.05, 0) is 129 Å². The summed E-state index contributed by atoms with van der Waals surface area (Å²) in [6.45, 7) is 14.8. The molecule has 0 unspecified atom stereocenters. The maximum atomic E-state index is 12.7. The first-order chi connectivity index (χ1) is 44.5. The largest absolute Gasteiger partial charge is 0.483 e. The quantitative estimate of drug-likeness (QED) is 0.0148. The Balaban J connectivity index is 2.59. The van der Waals surface area contributed by atoms with Crippen LogP contribution in [0.25, 0.3) is 0 Å². The fraction of sp³-hybridized carbons (Fsp3) is 0.867. The van der Waals surface area contributed by atoms with E-state index in [1.165, 1.54) is 231 Å². The number of ether oxygens (including phenoxy) is 7. The van der Waals surface area contributed by atoms with Crippen LogP contribution in [0.3, 0.4) is 0 Å². The maximum Gasteiger partial charge on any atom is 0.335 e. The van der Waals surface area contributed by atoms with Crippen LogP contribution >= 0.6 is 0 Å². The van der Waals surface area contributed by atoms with Crippen LogP contribution in [0.4, 0.5) is 0 Å². The van der Waals surface area contributed by atoms with Crippen molar-refractivity contribution >= 4 is 24.2 Å². The van der Waals surface area contributed by atoms with Gasteiger partial charge in [-0.3, -0.25) is 25.2 Å². The van der Waals surface area contributed by atoms with E-state index in [1.807, 2.05) is 0 Å². The van der Waals surface area contributed by atoms with Gasteiger partial charge in [0.1, 0.15) is 0 Å². The second-order valence-electron chi connectivity index (χ2n) is 25.3. The number of hydrogen-bond acceptors (Lipinski definition) is 14. The lowest BCUT2D eigenvalue weighted by molar-refractivity contribution is -0.198. The number of hydrogen-bond donors (Lipinski definition) is 2. The van der Waals surface area contributed by atoms with Gasteiger partial charge in [-0.15, -0.1) is 5.06 Å². The predicted molar refractivity (Wildman–Crippen MR) is 373 cm³/mol. The number of hydroxylamine groups is 2. The lowest BCUT2D eigenvalue weighted by Crippen LogP contribution is -2.42. The summed E-state index contributed by atoms with van der Waals surface area (Å²) in [5, 5.41) is 7.36. The van der Waals surface area contributed by atoms with Gasteiger partial charge in [-0.25, -0.2) is 4.79 Å². The number of nitrogens with zero attached hydrogens (tertiary/aromatic N) is 2. The molecular weight excluding hydrogens is 1130 g/mol. The molecule has 2 amide bonds. The van der Waals surface area contributed by atoms with E-state index in [0.717, 1.165) is 58.4 Å². The van der Waals surface area contributed by atoms with Gasteiger partial charge < -0.3 is 38.0 Å². The van der Waals surface area contributed by atoms with Crippen LogP contribution in [0.2, 0.25) is 0 Å².